The summed E-state index contributed by atoms with van der Waals surface area (Å²) in [6, 6.07) is 1.70. The van der Waals surface area contributed by atoms with Crippen LogP contribution in [0.5, 0.6) is 0 Å². The maximum atomic E-state index is 11.3. The molecule has 0 bridgehead atoms. The topological polar surface area (TPSA) is 37.8 Å². The Morgan fingerprint density at radius 2 is 2.00 bits per heavy atom. The molecule has 0 aliphatic carbocycles. The number of nitrogens with zero attached hydrogens (tertiary/aromatic N) is 1. The summed E-state index contributed by atoms with van der Waals surface area (Å²) in [4.78, 5) is 11.3. The highest BCUT2D eigenvalue weighted by Gasteiger charge is 2.19. The van der Waals surface area contributed by atoms with Crippen molar-refractivity contribution in [2.45, 2.75) is 46.6 Å². The Morgan fingerprint density at radius 1 is 1.43 bits per heavy atom. The maximum Gasteiger partial charge on any atom is 0.264 e. The van der Waals surface area contributed by atoms with Gasteiger partial charge in [0.05, 0.1) is 0 Å². The molecule has 1 aromatic heterocycles. The molecule has 1 N–H and O–H groups in total. The molecule has 0 saturated carbocycles. The van der Waals surface area contributed by atoms with Crippen LogP contribution < -0.4 is 5.56 Å². The number of rotatable bonds is 2. The predicted octanol–water partition coefficient (Wildman–Crippen LogP) is 2.13. The summed E-state index contributed by atoms with van der Waals surface area (Å²) in [6.45, 7) is 11.5. The zero-order chi connectivity index (χ0) is 10.9. The first-order chi connectivity index (χ1) is 6.30. The van der Waals surface area contributed by atoms with E-state index >= 15 is 0 Å². The molecular formula is C11H20N2O. The quantitative estimate of drug-likeness (QED) is 0.773. The Labute approximate surface area is 85.1 Å². The molecule has 0 fully saturated rings. The Kier molecular flexibility index (Phi) is 2.88. The largest absolute Gasteiger partial charge is 0.288 e. The zero-order valence-corrected chi connectivity index (χ0v) is 9.72. The lowest BCUT2D eigenvalue weighted by Crippen LogP contribution is -2.20. The van der Waals surface area contributed by atoms with Crippen molar-refractivity contribution in [3.05, 3.63) is 22.1 Å². The molecule has 80 valence electrons. The lowest BCUT2D eigenvalue weighted by molar-refractivity contribution is 0.427. The lowest BCUT2D eigenvalue weighted by atomic mass is 9.92. The molecule has 0 aliphatic heterocycles. The molecule has 1 rings (SSSR count). The summed E-state index contributed by atoms with van der Waals surface area (Å²) in [5.41, 5.74) is 1.10. The summed E-state index contributed by atoms with van der Waals surface area (Å²) < 4.78 is 1.97. The summed E-state index contributed by atoms with van der Waals surface area (Å²) in [7, 11) is 0. The van der Waals surface area contributed by atoms with Crippen molar-refractivity contribution < 1.29 is 0 Å². The van der Waals surface area contributed by atoms with Crippen LogP contribution in [0.1, 0.15) is 40.3 Å². The Morgan fingerprint density at radius 3 is 2.43 bits per heavy atom. The second-order valence-electron chi connectivity index (χ2n) is 5.26. The van der Waals surface area contributed by atoms with Gasteiger partial charge in [-0.15, -0.1) is 0 Å². The van der Waals surface area contributed by atoms with E-state index in [4.69, 9.17) is 0 Å². The average molecular weight is 196 g/mol. The normalized spacial score (nSPS) is 12.4. The summed E-state index contributed by atoms with van der Waals surface area (Å²) in [5, 5.41) is 2.84. The van der Waals surface area contributed by atoms with Crippen LogP contribution in [0.3, 0.4) is 0 Å². The summed E-state index contributed by atoms with van der Waals surface area (Å²) in [6.07, 6.45) is 0. The molecule has 0 radical (unpaired) electrons. The van der Waals surface area contributed by atoms with Crippen LogP contribution in [0.25, 0.3) is 0 Å². The van der Waals surface area contributed by atoms with Crippen molar-refractivity contribution in [3.63, 3.8) is 0 Å². The molecule has 1 heterocycles. The summed E-state index contributed by atoms with van der Waals surface area (Å²) >= 11 is 0. The number of H-pyrrole nitrogens is 1. The fourth-order valence-corrected chi connectivity index (χ4v) is 1.56. The van der Waals surface area contributed by atoms with Crippen molar-refractivity contribution in [1.29, 1.82) is 0 Å². The van der Waals surface area contributed by atoms with Gasteiger partial charge < -0.3 is 0 Å². The third kappa shape index (κ3) is 2.50. The molecule has 0 atom stereocenters. The second kappa shape index (κ2) is 3.64. The fourth-order valence-electron chi connectivity index (χ4n) is 1.56. The van der Waals surface area contributed by atoms with Gasteiger partial charge in [-0.2, -0.15) is 0 Å². The molecule has 0 unspecified atom stereocenters. The second-order valence-corrected chi connectivity index (χ2v) is 5.26. The predicted molar refractivity (Wildman–Crippen MR) is 58.6 cm³/mol. The molecule has 1 aromatic rings. The van der Waals surface area contributed by atoms with Crippen molar-refractivity contribution in [2.24, 2.45) is 5.92 Å². The van der Waals surface area contributed by atoms with Crippen molar-refractivity contribution in [1.82, 2.24) is 9.78 Å². The number of hydrogen-bond acceptors (Lipinski definition) is 1. The van der Waals surface area contributed by atoms with Crippen LogP contribution in [0, 0.1) is 5.92 Å². The minimum absolute atomic E-state index is 0.00410. The molecule has 0 aliphatic rings. The Balaban J connectivity index is 3.10. The van der Waals surface area contributed by atoms with Crippen LogP contribution >= 0.6 is 0 Å². The minimum atomic E-state index is -0.00410. The van der Waals surface area contributed by atoms with Gasteiger partial charge in [-0.3, -0.25) is 14.6 Å². The number of aromatic amines is 1. The zero-order valence-electron chi connectivity index (χ0n) is 9.72. The van der Waals surface area contributed by atoms with E-state index in [0.717, 1.165) is 12.2 Å². The van der Waals surface area contributed by atoms with Crippen LogP contribution in [0.2, 0.25) is 0 Å². The third-order valence-electron chi connectivity index (χ3n) is 2.12. The van der Waals surface area contributed by atoms with Crippen molar-refractivity contribution in [2.75, 3.05) is 0 Å². The van der Waals surface area contributed by atoms with Gasteiger partial charge >= 0.3 is 0 Å². The first-order valence-corrected chi connectivity index (χ1v) is 5.11. The van der Waals surface area contributed by atoms with Gasteiger partial charge in [-0.25, -0.2) is 0 Å². The van der Waals surface area contributed by atoms with Crippen molar-refractivity contribution in [3.8, 4) is 0 Å². The van der Waals surface area contributed by atoms with E-state index in [1.807, 2.05) is 4.68 Å². The molecule has 0 aromatic carbocycles. The van der Waals surface area contributed by atoms with Gasteiger partial charge in [0.1, 0.15) is 0 Å². The van der Waals surface area contributed by atoms with Crippen LogP contribution in [0.15, 0.2) is 10.9 Å². The van der Waals surface area contributed by atoms with Gasteiger partial charge in [-0.1, -0.05) is 34.6 Å². The van der Waals surface area contributed by atoms with Crippen LogP contribution in [-0.2, 0) is 12.0 Å². The number of hydrogen-bond donors (Lipinski definition) is 1. The maximum absolute atomic E-state index is 11.3. The van der Waals surface area contributed by atoms with E-state index in [1.165, 1.54) is 0 Å². The van der Waals surface area contributed by atoms with E-state index in [1.54, 1.807) is 6.07 Å². The van der Waals surface area contributed by atoms with E-state index in [2.05, 4.69) is 39.7 Å². The van der Waals surface area contributed by atoms with Gasteiger partial charge in [0.2, 0.25) is 0 Å². The van der Waals surface area contributed by atoms with Crippen LogP contribution in [-0.4, -0.2) is 9.78 Å². The van der Waals surface area contributed by atoms with Gasteiger partial charge in [0, 0.05) is 23.7 Å². The molecular weight excluding hydrogens is 176 g/mol. The monoisotopic (exact) mass is 196 g/mol. The standard InChI is InChI=1S/C11H20N2O/c1-8(2)7-13-9(11(3,4)5)6-10(14)12-13/h6,8H,7H2,1-5H3,(H,12,14). The molecule has 0 spiro atoms. The van der Waals surface area contributed by atoms with E-state index < -0.39 is 0 Å². The van der Waals surface area contributed by atoms with Gasteiger partial charge in [0.25, 0.3) is 5.56 Å². The third-order valence-corrected chi connectivity index (χ3v) is 2.12. The highest BCUT2D eigenvalue weighted by Crippen LogP contribution is 2.20. The van der Waals surface area contributed by atoms with Gasteiger partial charge in [-0.05, 0) is 5.92 Å². The molecule has 3 heteroatoms. The smallest absolute Gasteiger partial charge is 0.264 e. The van der Waals surface area contributed by atoms with Crippen LogP contribution in [0.4, 0.5) is 0 Å². The first kappa shape index (κ1) is 11.1. The van der Waals surface area contributed by atoms with Crippen molar-refractivity contribution >= 4 is 0 Å². The molecule has 14 heavy (non-hydrogen) atoms. The van der Waals surface area contributed by atoms with E-state index in [0.29, 0.717) is 5.92 Å². The van der Waals surface area contributed by atoms with E-state index in [-0.39, 0.29) is 11.0 Å². The molecule has 0 saturated heterocycles. The first-order valence-electron chi connectivity index (χ1n) is 5.11. The lowest BCUT2D eigenvalue weighted by Gasteiger charge is -2.21. The Hall–Kier alpha value is -0.990. The average Bonchev–Trinajstić information content (AvgIpc) is 2.28. The fraction of sp³-hybridized carbons (Fsp3) is 0.727. The highest BCUT2D eigenvalue weighted by atomic mass is 16.1. The summed E-state index contributed by atoms with van der Waals surface area (Å²) in [5.74, 6) is 0.541. The molecule has 3 nitrogen and oxygen atoms in total. The SMILES string of the molecule is CC(C)Cn1[nH]c(=O)cc1C(C)(C)C. The molecule has 0 amide bonds. The van der Waals surface area contributed by atoms with Gasteiger partial charge in [0.15, 0.2) is 0 Å². The highest BCUT2D eigenvalue weighted by molar-refractivity contribution is 5.12. The minimum Gasteiger partial charge on any atom is -0.288 e. The van der Waals surface area contributed by atoms with E-state index in [9.17, 15) is 4.79 Å². The Bertz CT molecular complexity index is 352. The number of nitrogens with one attached hydrogen (secondary N) is 1. The number of aromatic nitrogens is 2.